The summed E-state index contributed by atoms with van der Waals surface area (Å²) in [5.74, 6) is -2.41. The van der Waals surface area contributed by atoms with Gasteiger partial charge in [-0.15, -0.1) is 0 Å². The molecule has 9 heteroatoms. The maximum absolute atomic E-state index is 14.5. The molecule has 0 radical (unpaired) electrons. The molecule has 1 aliphatic rings. The van der Waals surface area contributed by atoms with Crippen LogP contribution in [0.5, 0.6) is 0 Å². The van der Waals surface area contributed by atoms with Gasteiger partial charge in [-0.3, -0.25) is 4.79 Å². The van der Waals surface area contributed by atoms with Gasteiger partial charge in [0.2, 0.25) is 0 Å². The Kier molecular flexibility index (Phi) is 6.36. The van der Waals surface area contributed by atoms with Gasteiger partial charge in [-0.05, 0) is 36.6 Å². The number of nitrogens with one attached hydrogen (secondary N) is 2. The van der Waals surface area contributed by atoms with Gasteiger partial charge < -0.3 is 15.4 Å². The number of rotatable bonds is 6. The average molecular weight is 429 g/mol. The van der Waals surface area contributed by atoms with Gasteiger partial charge in [-0.2, -0.15) is 0 Å². The number of hydrogen-bond donors (Lipinski definition) is 2. The number of alkyl carbamates (subject to hydrolysis) is 1. The molecule has 0 aromatic heterocycles. The SMILES string of the molecule is O=C1NC[C@@H](C(=O)N[C@@H](CCc2ccc(Cl)cc2)c2ccc(F)c(Cl)c2F)O1. The van der Waals surface area contributed by atoms with Crippen molar-refractivity contribution in [3.8, 4) is 0 Å². The zero-order valence-electron chi connectivity index (χ0n) is 14.5. The first-order valence-corrected chi connectivity index (χ1v) is 9.23. The highest BCUT2D eigenvalue weighted by molar-refractivity contribution is 6.31. The molecule has 2 atom stereocenters. The lowest BCUT2D eigenvalue weighted by atomic mass is 9.98. The monoisotopic (exact) mass is 428 g/mol. The fourth-order valence-electron chi connectivity index (χ4n) is 2.88. The van der Waals surface area contributed by atoms with Crippen molar-refractivity contribution < 1.29 is 23.1 Å². The van der Waals surface area contributed by atoms with Crippen LogP contribution in [0.1, 0.15) is 23.6 Å². The number of cyclic esters (lactones) is 1. The molecule has 28 heavy (non-hydrogen) atoms. The van der Waals surface area contributed by atoms with Crippen LogP contribution in [-0.4, -0.2) is 24.6 Å². The normalized spacial score (nSPS) is 17.0. The third-order valence-corrected chi connectivity index (χ3v) is 4.96. The molecule has 148 valence electrons. The summed E-state index contributed by atoms with van der Waals surface area (Å²) < 4.78 is 32.9. The highest BCUT2D eigenvalue weighted by Gasteiger charge is 2.31. The van der Waals surface area contributed by atoms with Crippen molar-refractivity contribution in [1.29, 1.82) is 0 Å². The Hall–Kier alpha value is -2.38. The Morgan fingerprint density at radius 3 is 2.57 bits per heavy atom. The lowest BCUT2D eigenvalue weighted by Gasteiger charge is -2.22. The number of benzene rings is 2. The minimum Gasteiger partial charge on any atom is -0.434 e. The van der Waals surface area contributed by atoms with Crippen LogP contribution in [0.4, 0.5) is 13.6 Å². The van der Waals surface area contributed by atoms with Gasteiger partial charge in [0, 0.05) is 10.6 Å². The van der Waals surface area contributed by atoms with E-state index >= 15 is 0 Å². The first-order valence-electron chi connectivity index (χ1n) is 8.48. The Morgan fingerprint density at radius 1 is 1.21 bits per heavy atom. The predicted octanol–water partition coefficient (Wildman–Crippen LogP) is 4.17. The summed E-state index contributed by atoms with van der Waals surface area (Å²) in [6.07, 6.45) is -0.932. The molecule has 2 aromatic rings. The molecule has 0 unspecified atom stereocenters. The van der Waals surface area contributed by atoms with Crippen LogP contribution in [0.25, 0.3) is 0 Å². The standard InChI is InChI=1S/C19H16Cl2F2N2O3/c20-11-4-1-10(2-5-11)3-8-14(12-6-7-13(22)16(21)17(12)23)25-18(26)15-9-24-19(27)28-15/h1-2,4-7,14-15H,3,8-9H2,(H,24,27)(H,25,26)/t14-,15-/m0/s1. The molecule has 1 aliphatic heterocycles. The molecule has 5 nitrogen and oxygen atoms in total. The van der Waals surface area contributed by atoms with E-state index in [0.717, 1.165) is 11.6 Å². The van der Waals surface area contributed by atoms with Crippen LogP contribution in [0.3, 0.4) is 0 Å². The summed E-state index contributed by atoms with van der Waals surface area (Å²) in [6, 6.07) is 8.56. The van der Waals surface area contributed by atoms with E-state index in [1.54, 1.807) is 12.1 Å². The zero-order valence-corrected chi connectivity index (χ0v) is 16.0. The van der Waals surface area contributed by atoms with Gasteiger partial charge in [0.05, 0.1) is 12.6 Å². The summed E-state index contributed by atoms with van der Waals surface area (Å²) in [7, 11) is 0. The molecule has 3 rings (SSSR count). The fraction of sp³-hybridized carbons (Fsp3) is 0.263. The Morgan fingerprint density at radius 2 is 1.93 bits per heavy atom. The van der Waals surface area contributed by atoms with Crippen molar-refractivity contribution in [1.82, 2.24) is 10.6 Å². The van der Waals surface area contributed by atoms with Crippen LogP contribution >= 0.6 is 23.2 Å². The molecule has 0 bridgehead atoms. The molecule has 2 amide bonds. The van der Waals surface area contributed by atoms with Gasteiger partial charge in [0.15, 0.2) is 6.10 Å². The van der Waals surface area contributed by atoms with Gasteiger partial charge in [-0.25, -0.2) is 13.6 Å². The van der Waals surface area contributed by atoms with Crippen molar-refractivity contribution in [2.24, 2.45) is 0 Å². The lowest BCUT2D eigenvalue weighted by molar-refractivity contribution is -0.128. The largest absolute Gasteiger partial charge is 0.434 e. The zero-order chi connectivity index (χ0) is 20.3. The summed E-state index contributed by atoms with van der Waals surface area (Å²) in [5, 5.41) is 4.98. The van der Waals surface area contributed by atoms with E-state index in [0.29, 0.717) is 17.9 Å². The Bertz CT molecular complexity index is 893. The van der Waals surface area contributed by atoms with Crippen molar-refractivity contribution >= 4 is 35.2 Å². The van der Waals surface area contributed by atoms with Crippen molar-refractivity contribution in [3.05, 3.63) is 69.2 Å². The van der Waals surface area contributed by atoms with Crippen molar-refractivity contribution in [3.63, 3.8) is 0 Å². The number of carbonyl (C=O) groups is 2. The number of hydrogen-bond acceptors (Lipinski definition) is 3. The third kappa shape index (κ3) is 4.72. The second-order valence-electron chi connectivity index (χ2n) is 6.27. The van der Waals surface area contributed by atoms with E-state index in [9.17, 15) is 18.4 Å². The molecule has 2 aromatic carbocycles. The maximum atomic E-state index is 14.5. The molecule has 1 heterocycles. The molecule has 2 N–H and O–H groups in total. The van der Waals surface area contributed by atoms with Gasteiger partial charge in [0.1, 0.15) is 16.7 Å². The summed E-state index contributed by atoms with van der Waals surface area (Å²) in [4.78, 5) is 23.6. The van der Waals surface area contributed by atoms with Gasteiger partial charge in [-0.1, -0.05) is 41.4 Å². The highest BCUT2D eigenvalue weighted by atomic mass is 35.5. The predicted molar refractivity (Wildman–Crippen MR) is 100 cm³/mol. The van der Waals surface area contributed by atoms with Crippen molar-refractivity contribution in [2.45, 2.75) is 25.0 Å². The lowest BCUT2D eigenvalue weighted by Crippen LogP contribution is -2.39. The van der Waals surface area contributed by atoms with Crippen molar-refractivity contribution in [2.75, 3.05) is 6.54 Å². The molecular weight excluding hydrogens is 413 g/mol. The minimum atomic E-state index is -1.02. The van der Waals surface area contributed by atoms with Crippen LogP contribution in [0.2, 0.25) is 10.0 Å². The minimum absolute atomic E-state index is 0.0151. The number of carbonyl (C=O) groups excluding carboxylic acids is 2. The average Bonchev–Trinajstić information content (AvgIpc) is 3.11. The second-order valence-corrected chi connectivity index (χ2v) is 7.08. The van der Waals surface area contributed by atoms with E-state index in [4.69, 9.17) is 27.9 Å². The van der Waals surface area contributed by atoms with E-state index in [2.05, 4.69) is 10.6 Å². The molecule has 0 saturated carbocycles. The highest BCUT2D eigenvalue weighted by Crippen LogP contribution is 2.29. The van der Waals surface area contributed by atoms with Crippen LogP contribution in [0, 0.1) is 11.6 Å². The van der Waals surface area contributed by atoms with Gasteiger partial charge in [0.25, 0.3) is 5.91 Å². The topological polar surface area (TPSA) is 67.4 Å². The molecule has 1 fully saturated rings. The summed E-state index contributed by atoms with van der Waals surface area (Å²) >= 11 is 11.6. The first-order chi connectivity index (χ1) is 13.3. The van der Waals surface area contributed by atoms with E-state index in [1.165, 1.54) is 6.07 Å². The number of amides is 2. The quantitative estimate of drug-likeness (QED) is 0.678. The maximum Gasteiger partial charge on any atom is 0.408 e. The first kappa shape index (κ1) is 20.4. The van der Waals surface area contributed by atoms with Crippen LogP contribution in [0.15, 0.2) is 36.4 Å². The molecule has 0 aliphatic carbocycles. The Labute approximate surface area is 170 Å². The summed E-state index contributed by atoms with van der Waals surface area (Å²) in [5.41, 5.74) is 0.970. The van der Waals surface area contributed by atoms with Crippen LogP contribution in [-0.2, 0) is 16.0 Å². The van der Waals surface area contributed by atoms with E-state index in [-0.39, 0.29) is 12.1 Å². The second kappa shape index (κ2) is 8.75. The smallest absolute Gasteiger partial charge is 0.408 e. The number of halogens is 4. The van der Waals surface area contributed by atoms with E-state index in [1.807, 2.05) is 12.1 Å². The number of ether oxygens (including phenoxy) is 1. The van der Waals surface area contributed by atoms with E-state index < -0.39 is 40.8 Å². The summed E-state index contributed by atoms with van der Waals surface area (Å²) in [6.45, 7) is 0.0151. The fourth-order valence-corrected chi connectivity index (χ4v) is 3.18. The van der Waals surface area contributed by atoms with Gasteiger partial charge >= 0.3 is 6.09 Å². The molecule has 0 spiro atoms. The molecule has 1 saturated heterocycles. The third-order valence-electron chi connectivity index (χ3n) is 4.37. The molecular formula is C19H16Cl2F2N2O3. The number of aryl methyl sites for hydroxylation is 1. The van der Waals surface area contributed by atoms with Crippen LogP contribution < -0.4 is 10.6 Å². The Balaban J connectivity index is 1.80.